The number of rotatable bonds is 7. The highest BCUT2D eigenvalue weighted by molar-refractivity contribution is 7.09. The van der Waals surface area contributed by atoms with Gasteiger partial charge in [-0.25, -0.2) is 4.98 Å². The third-order valence-electron chi connectivity index (χ3n) is 3.86. The van der Waals surface area contributed by atoms with Crippen LogP contribution in [0.5, 0.6) is 5.75 Å². The van der Waals surface area contributed by atoms with Crippen molar-refractivity contribution in [2.24, 2.45) is 0 Å². The van der Waals surface area contributed by atoms with Gasteiger partial charge in [0.25, 0.3) is 0 Å². The molecule has 128 valence electrons. The molecule has 0 aliphatic rings. The van der Waals surface area contributed by atoms with Crippen LogP contribution in [0.1, 0.15) is 17.0 Å². The number of amides is 1. The van der Waals surface area contributed by atoms with Gasteiger partial charge in [-0.2, -0.15) is 0 Å². The lowest BCUT2D eigenvalue weighted by molar-refractivity contribution is -0.121. The maximum atomic E-state index is 11.9. The van der Waals surface area contributed by atoms with Crippen molar-refractivity contribution in [1.29, 1.82) is 0 Å². The smallest absolute Gasteiger partial charge is 0.220 e. The Morgan fingerprint density at radius 2 is 1.80 bits per heavy atom. The highest BCUT2D eigenvalue weighted by atomic mass is 32.1. The molecule has 0 saturated heterocycles. The lowest BCUT2D eigenvalue weighted by atomic mass is 10.1. The molecule has 0 radical (unpaired) electrons. The monoisotopic (exact) mass is 352 g/mol. The van der Waals surface area contributed by atoms with Crippen LogP contribution in [0.4, 0.5) is 0 Å². The Bertz CT molecular complexity index is 813. The Kier molecular flexibility index (Phi) is 5.80. The van der Waals surface area contributed by atoms with Gasteiger partial charge in [0.15, 0.2) is 0 Å². The van der Waals surface area contributed by atoms with E-state index in [-0.39, 0.29) is 11.7 Å². The molecule has 3 aromatic rings. The number of phenolic OH excluding ortho intramolecular Hbond substituents is 1. The molecule has 0 aliphatic carbocycles. The second kappa shape index (κ2) is 8.44. The summed E-state index contributed by atoms with van der Waals surface area (Å²) >= 11 is 1.59. The fraction of sp³-hybridized carbons (Fsp3) is 0.200. The number of hydrogen-bond donors (Lipinski definition) is 2. The minimum atomic E-state index is 0.0687. The quantitative estimate of drug-likeness (QED) is 0.680. The van der Waals surface area contributed by atoms with Crippen LogP contribution in [-0.4, -0.2) is 22.5 Å². The van der Waals surface area contributed by atoms with E-state index in [1.54, 1.807) is 23.5 Å². The van der Waals surface area contributed by atoms with E-state index in [4.69, 9.17) is 0 Å². The summed E-state index contributed by atoms with van der Waals surface area (Å²) in [5, 5.41) is 15.3. The first-order valence-corrected chi connectivity index (χ1v) is 9.13. The molecule has 0 aliphatic heterocycles. The van der Waals surface area contributed by atoms with Gasteiger partial charge < -0.3 is 10.4 Å². The van der Waals surface area contributed by atoms with Crippen LogP contribution < -0.4 is 5.32 Å². The van der Waals surface area contributed by atoms with Gasteiger partial charge in [0, 0.05) is 30.3 Å². The van der Waals surface area contributed by atoms with E-state index >= 15 is 0 Å². The zero-order chi connectivity index (χ0) is 17.5. The van der Waals surface area contributed by atoms with Crippen molar-refractivity contribution < 1.29 is 9.90 Å². The number of carbonyl (C=O) groups excluding carboxylic acids is 1. The van der Waals surface area contributed by atoms with Gasteiger partial charge in [0.1, 0.15) is 5.75 Å². The molecular formula is C20H20N2O2S. The average Bonchev–Trinajstić information content (AvgIpc) is 3.10. The summed E-state index contributed by atoms with van der Waals surface area (Å²) in [6.07, 6.45) is 1.98. The lowest BCUT2D eigenvalue weighted by Gasteiger charge is -2.04. The number of hydrogen-bond acceptors (Lipinski definition) is 4. The Balaban J connectivity index is 1.43. The second-order valence-electron chi connectivity index (χ2n) is 5.76. The molecule has 0 unspecified atom stereocenters. The van der Waals surface area contributed by atoms with Crippen LogP contribution >= 0.6 is 11.3 Å². The fourth-order valence-electron chi connectivity index (χ4n) is 2.49. The molecular weight excluding hydrogens is 332 g/mol. The standard InChI is InChI=1S/C20H20N2O2S/c23-17-9-7-16(8-10-17)18-14-25-20(22-18)12-13-21-19(24)11-6-15-4-2-1-3-5-15/h1-5,7-10,14,23H,6,11-13H2,(H,21,24). The Morgan fingerprint density at radius 3 is 2.56 bits per heavy atom. The molecule has 1 heterocycles. The molecule has 5 heteroatoms. The van der Waals surface area contributed by atoms with Crippen molar-refractivity contribution in [1.82, 2.24) is 10.3 Å². The van der Waals surface area contributed by atoms with Crippen LogP contribution in [0.25, 0.3) is 11.3 Å². The second-order valence-corrected chi connectivity index (χ2v) is 6.70. The Hall–Kier alpha value is -2.66. The van der Waals surface area contributed by atoms with Gasteiger partial charge in [-0.05, 0) is 36.2 Å². The van der Waals surface area contributed by atoms with Crippen LogP contribution in [0.15, 0.2) is 60.0 Å². The maximum absolute atomic E-state index is 11.9. The number of thiazole rings is 1. The number of nitrogens with one attached hydrogen (secondary N) is 1. The minimum absolute atomic E-state index is 0.0687. The highest BCUT2D eigenvalue weighted by Crippen LogP contribution is 2.23. The first-order chi connectivity index (χ1) is 12.2. The number of aromatic nitrogens is 1. The number of nitrogens with zero attached hydrogens (tertiary/aromatic N) is 1. The van der Waals surface area contributed by atoms with Crippen LogP contribution in [0, 0.1) is 0 Å². The summed E-state index contributed by atoms with van der Waals surface area (Å²) in [5.41, 5.74) is 3.05. The van der Waals surface area contributed by atoms with E-state index in [0.717, 1.165) is 29.1 Å². The molecule has 1 amide bonds. The molecule has 0 bridgehead atoms. The topological polar surface area (TPSA) is 62.2 Å². The molecule has 2 aromatic carbocycles. The summed E-state index contributed by atoms with van der Waals surface area (Å²) < 4.78 is 0. The van der Waals surface area contributed by atoms with E-state index in [0.29, 0.717) is 13.0 Å². The molecule has 0 saturated carbocycles. The van der Waals surface area contributed by atoms with Crippen LogP contribution in [0.2, 0.25) is 0 Å². The first-order valence-electron chi connectivity index (χ1n) is 8.25. The van der Waals surface area contributed by atoms with E-state index in [1.807, 2.05) is 47.8 Å². The summed E-state index contributed by atoms with van der Waals surface area (Å²) in [6, 6.07) is 17.0. The molecule has 25 heavy (non-hydrogen) atoms. The molecule has 4 nitrogen and oxygen atoms in total. The van der Waals surface area contributed by atoms with E-state index < -0.39 is 0 Å². The predicted molar refractivity (Wildman–Crippen MR) is 101 cm³/mol. The van der Waals surface area contributed by atoms with E-state index in [2.05, 4.69) is 10.3 Å². The SMILES string of the molecule is O=C(CCc1ccccc1)NCCc1nc(-c2ccc(O)cc2)cs1. The lowest BCUT2D eigenvalue weighted by Crippen LogP contribution is -2.25. The van der Waals surface area contributed by atoms with Crippen LogP contribution in [0.3, 0.4) is 0 Å². The summed E-state index contributed by atoms with van der Waals surface area (Å²) in [6.45, 7) is 0.593. The zero-order valence-corrected chi connectivity index (χ0v) is 14.6. The predicted octanol–water partition coefficient (Wildman–Crippen LogP) is 3.81. The van der Waals surface area contributed by atoms with E-state index in [1.165, 1.54) is 5.56 Å². The number of benzene rings is 2. The molecule has 0 atom stereocenters. The molecule has 0 fully saturated rings. The van der Waals surface area contributed by atoms with Crippen molar-refractivity contribution in [2.45, 2.75) is 19.3 Å². The van der Waals surface area contributed by atoms with Gasteiger partial charge >= 0.3 is 0 Å². The van der Waals surface area contributed by atoms with Gasteiger partial charge in [0.2, 0.25) is 5.91 Å². The summed E-state index contributed by atoms with van der Waals surface area (Å²) in [4.78, 5) is 16.5. The average molecular weight is 352 g/mol. The van der Waals surface area contributed by atoms with Crippen LogP contribution in [-0.2, 0) is 17.6 Å². The minimum Gasteiger partial charge on any atom is -0.508 e. The first kappa shape index (κ1) is 17.2. The highest BCUT2D eigenvalue weighted by Gasteiger charge is 2.06. The van der Waals surface area contributed by atoms with Crippen molar-refractivity contribution in [3.05, 3.63) is 70.5 Å². The van der Waals surface area contributed by atoms with Gasteiger partial charge in [-0.3, -0.25) is 4.79 Å². The maximum Gasteiger partial charge on any atom is 0.220 e. The number of carbonyl (C=O) groups is 1. The Labute approximate surface area is 151 Å². The third kappa shape index (κ3) is 5.16. The third-order valence-corrected chi connectivity index (χ3v) is 4.77. The van der Waals surface area contributed by atoms with Crippen molar-refractivity contribution >= 4 is 17.2 Å². The van der Waals surface area contributed by atoms with E-state index in [9.17, 15) is 9.90 Å². The number of aryl methyl sites for hydroxylation is 1. The molecule has 0 spiro atoms. The Morgan fingerprint density at radius 1 is 1.04 bits per heavy atom. The zero-order valence-electron chi connectivity index (χ0n) is 13.8. The molecule has 2 N–H and O–H groups in total. The summed E-state index contributed by atoms with van der Waals surface area (Å²) in [7, 11) is 0. The van der Waals surface area contributed by atoms with Gasteiger partial charge in [0.05, 0.1) is 10.7 Å². The number of phenols is 1. The summed E-state index contributed by atoms with van der Waals surface area (Å²) in [5.74, 6) is 0.316. The number of aromatic hydroxyl groups is 1. The van der Waals surface area contributed by atoms with Crippen molar-refractivity contribution in [3.63, 3.8) is 0 Å². The molecule has 1 aromatic heterocycles. The largest absolute Gasteiger partial charge is 0.508 e. The van der Waals surface area contributed by atoms with Crippen molar-refractivity contribution in [2.75, 3.05) is 6.54 Å². The fourth-order valence-corrected chi connectivity index (χ4v) is 3.30. The normalized spacial score (nSPS) is 10.6. The van der Waals surface area contributed by atoms with Gasteiger partial charge in [-0.1, -0.05) is 30.3 Å². The molecule has 3 rings (SSSR count). The van der Waals surface area contributed by atoms with Gasteiger partial charge in [-0.15, -0.1) is 11.3 Å². The van der Waals surface area contributed by atoms with Crippen molar-refractivity contribution in [3.8, 4) is 17.0 Å².